The van der Waals surface area contributed by atoms with E-state index in [2.05, 4.69) is 9.88 Å². The number of benzene rings is 1. The SMILES string of the molecule is CC1CN(Cc2ccc(Cl)c3cccnc23)CC1C(=O)O. The summed E-state index contributed by atoms with van der Waals surface area (Å²) in [6.45, 7) is 4.09. The number of carboxylic acid groups (broad SMARTS) is 1. The highest BCUT2D eigenvalue weighted by atomic mass is 35.5. The molecule has 0 amide bonds. The van der Waals surface area contributed by atoms with Gasteiger partial charge in [0.15, 0.2) is 0 Å². The Labute approximate surface area is 128 Å². The standard InChI is InChI=1S/C16H17ClN2O2/c1-10-7-19(9-13(10)16(20)21)8-11-4-5-14(17)12-3-2-6-18-15(11)12/h2-6,10,13H,7-9H2,1H3,(H,20,21). The van der Waals surface area contributed by atoms with E-state index in [1.807, 2.05) is 31.2 Å². The van der Waals surface area contributed by atoms with E-state index in [9.17, 15) is 9.90 Å². The molecule has 2 aromatic rings. The first kappa shape index (κ1) is 14.3. The molecule has 2 heterocycles. The minimum Gasteiger partial charge on any atom is -0.481 e. The van der Waals surface area contributed by atoms with Crippen molar-refractivity contribution in [3.63, 3.8) is 0 Å². The lowest BCUT2D eigenvalue weighted by Gasteiger charge is -2.16. The van der Waals surface area contributed by atoms with Crippen molar-refractivity contribution in [3.05, 3.63) is 41.0 Å². The van der Waals surface area contributed by atoms with E-state index in [1.165, 1.54) is 0 Å². The zero-order valence-corrected chi connectivity index (χ0v) is 12.5. The van der Waals surface area contributed by atoms with E-state index in [0.29, 0.717) is 18.1 Å². The number of hydrogen-bond donors (Lipinski definition) is 1. The molecule has 110 valence electrons. The second kappa shape index (κ2) is 5.62. The summed E-state index contributed by atoms with van der Waals surface area (Å²) in [4.78, 5) is 17.8. The van der Waals surface area contributed by atoms with Crippen molar-refractivity contribution < 1.29 is 9.90 Å². The molecule has 0 spiro atoms. The molecule has 0 saturated carbocycles. The molecule has 0 radical (unpaired) electrons. The van der Waals surface area contributed by atoms with Crippen LogP contribution in [-0.2, 0) is 11.3 Å². The third-order valence-corrected chi connectivity index (χ3v) is 4.53. The Hall–Kier alpha value is -1.65. The molecule has 1 aliphatic heterocycles. The van der Waals surface area contributed by atoms with E-state index >= 15 is 0 Å². The molecule has 5 heteroatoms. The summed E-state index contributed by atoms with van der Waals surface area (Å²) in [5.74, 6) is -0.811. The Morgan fingerprint density at radius 3 is 2.95 bits per heavy atom. The molecular weight excluding hydrogens is 288 g/mol. The van der Waals surface area contributed by atoms with E-state index in [4.69, 9.17) is 11.6 Å². The Balaban J connectivity index is 1.87. The number of hydrogen-bond acceptors (Lipinski definition) is 3. The smallest absolute Gasteiger partial charge is 0.308 e. The molecule has 1 aromatic carbocycles. The summed E-state index contributed by atoms with van der Waals surface area (Å²) >= 11 is 6.20. The van der Waals surface area contributed by atoms with Gasteiger partial charge in [0.25, 0.3) is 0 Å². The van der Waals surface area contributed by atoms with Crippen LogP contribution in [0.3, 0.4) is 0 Å². The van der Waals surface area contributed by atoms with Crippen molar-refractivity contribution >= 4 is 28.5 Å². The van der Waals surface area contributed by atoms with E-state index < -0.39 is 5.97 Å². The van der Waals surface area contributed by atoms with Crippen LogP contribution < -0.4 is 0 Å². The zero-order valence-electron chi connectivity index (χ0n) is 11.8. The summed E-state index contributed by atoms with van der Waals surface area (Å²) < 4.78 is 0. The molecule has 1 fully saturated rings. The number of aliphatic carboxylic acids is 1. The lowest BCUT2D eigenvalue weighted by atomic mass is 9.99. The third-order valence-electron chi connectivity index (χ3n) is 4.20. The number of aromatic nitrogens is 1. The molecule has 4 nitrogen and oxygen atoms in total. The highest BCUT2D eigenvalue weighted by Gasteiger charge is 2.34. The Morgan fingerprint density at radius 1 is 1.43 bits per heavy atom. The second-order valence-electron chi connectivity index (χ2n) is 5.72. The van der Waals surface area contributed by atoms with Gasteiger partial charge in [-0.2, -0.15) is 0 Å². The first-order valence-electron chi connectivity index (χ1n) is 7.03. The van der Waals surface area contributed by atoms with Gasteiger partial charge in [0.1, 0.15) is 0 Å². The summed E-state index contributed by atoms with van der Waals surface area (Å²) in [6.07, 6.45) is 1.76. The number of carbonyl (C=O) groups is 1. The average Bonchev–Trinajstić information content (AvgIpc) is 2.83. The highest BCUT2D eigenvalue weighted by Crippen LogP contribution is 2.29. The van der Waals surface area contributed by atoms with E-state index in [0.717, 1.165) is 23.0 Å². The van der Waals surface area contributed by atoms with Crippen LogP contribution in [0.1, 0.15) is 12.5 Å². The number of rotatable bonds is 3. The van der Waals surface area contributed by atoms with Gasteiger partial charge in [-0.25, -0.2) is 0 Å². The van der Waals surface area contributed by atoms with Crippen molar-refractivity contribution in [1.29, 1.82) is 0 Å². The van der Waals surface area contributed by atoms with Crippen LogP contribution in [0.15, 0.2) is 30.5 Å². The molecule has 1 aromatic heterocycles. The lowest BCUT2D eigenvalue weighted by molar-refractivity contribution is -0.142. The Morgan fingerprint density at radius 2 is 2.24 bits per heavy atom. The molecule has 3 rings (SSSR count). The number of fused-ring (bicyclic) bond motifs is 1. The van der Waals surface area contributed by atoms with Crippen LogP contribution in [-0.4, -0.2) is 34.0 Å². The highest BCUT2D eigenvalue weighted by molar-refractivity contribution is 6.35. The summed E-state index contributed by atoms with van der Waals surface area (Å²) in [7, 11) is 0. The first-order valence-corrected chi connectivity index (χ1v) is 7.41. The quantitative estimate of drug-likeness (QED) is 0.947. The summed E-state index contributed by atoms with van der Waals surface area (Å²) in [6, 6.07) is 7.70. The molecular formula is C16H17ClN2O2. The van der Waals surface area contributed by atoms with Crippen LogP contribution in [0, 0.1) is 11.8 Å². The van der Waals surface area contributed by atoms with E-state index in [1.54, 1.807) is 6.20 Å². The normalized spacial score (nSPS) is 22.8. The van der Waals surface area contributed by atoms with Crippen LogP contribution in [0.25, 0.3) is 10.9 Å². The molecule has 0 bridgehead atoms. The maximum Gasteiger partial charge on any atom is 0.308 e. The van der Waals surface area contributed by atoms with Crippen LogP contribution in [0.2, 0.25) is 5.02 Å². The van der Waals surface area contributed by atoms with Crippen LogP contribution in [0.4, 0.5) is 0 Å². The monoisotopic (exact) mass is 304 g/mol. The first-order chi connectivity index (χ1) is 10.1. The van der Waals surface area contributed by atoms with Gasteiger partial charge in [0, 0.05) is 36.2 Å². The summed E-state index contributed by atoms with van der Waals surface area (Å²) in [5.41, 5.74) is 1.99. The minimum absolute atomic E-state index is 0.175. The van der Waals surface area contributed by atoms with Gasteiger partial charge in [-0.15, -0.1) is 0 Å². The fourth-order valence-corrected chi connectivity index (χ4v) is 3.30. The van der Waals surface area contributed by atoms with Crippen molar-refractivity contribution in [3.8, 4) is 0 Å². The maximum atomic E-state index is 11.2. The van der Waals surface area contributed by atoms with Crippen molar-refractivity contribution in [2.24, 2.45) is 11.8 Å². The number of likely N-dealkylation sites (tertiary alicyclic amines) is 1. The zero-order chi connectivity index (χ0) is 15.0. The predicted molar refractivity (Wildman–Crippen MR) is 82.3 cm³/mol. The summed E-state index contributed by atoms with van der Waals surface area (Å²) in [5, 5.41) is 10.9. The fraction of sp³-hybridized carbons (Fsp3) is 0.375. The van der Waals surface area contributed by atoms with Crippen LogP contribution >= 0.6 is 11.6 Å². The molecule has 2 atom stereocenters. The third kappa shape index (κ3) is 2.74. The predicted octanol–water partition coefficient (Wildman–Crippen LogP) is 3.04. The van der Waals surface area contributed by atoms with Crippen molar-refractivity contribution in [1.82, 2.24) is 9.88 Å². The maximum absolute atomic E-state index is 11.2. The molecule has 21 heavy (non-hydrogen) atoms. The van der Waals surface area contributed by atoms with Crippen LogP contribution in [0.5, 0.6) is 0 Å². The molecule has 1 N–H and O–H groups in total. The van der Waals surface area contributed by atoms with E-state index in [-0.39, 0.29) is 11.8 Å². The molecule has 0 aliphatic carbocycles. The Kier molecular flexibility index (Phi) is 3.83. The van der Waals surface area contributed by atoms with Gasteiger partial charge in [0.2, 0.25) is 0 Å². The fourth-order valence-electron chi connectivity index (χ4n) is 3.08. The number of pyridine rings is 1. The van der Waals surface area contributed by atoms with Gasteiger partial charge >= 0.3 is 5.97 Å². The van der Waals surface area contributed by atoms with Gasteiger partial charge in [-0.1, -0.05) is 24.6 Å². The molecule has 2 unspecified atom stereocenters. The minimum atomic E-state index is -0.705. The van der Waals surface area contributed by atoms with Gasteiger partial charge < -0.3 is 5.11 Å². The number of nitrogens with zero attached hydrogens (tertiary/aromatic N) is 2. The Bertz CT molecular complexity index is 689. The van der Waals surface area contributed by atoms with Gasteiger partial charge in [-0.05, 0) is 29.7 Å². The lowest BCUT2D eigenvalue weighted by Crippen LogP contribution is -2.23. The van der Waals surface area contributed by atoms with Gasteiger partial charge in [-0.3, -0.25) is 14.7 Å². The number of carboxylic acids is 1. The topological polar surface area (TPSA) is 53.4 Å². The molecule has 1 aliphatic rings. The van der Waals surface area contributed by atoms with Crippen molar-refractivity contribution in [2.75, 3.05) is 13.1 Å². The van der Waals surface area contributed by atoms with Gasteiger partial charge in [0.05, 0.1) is 11.4 Å². The second-order valence-corrected chi connectivity index (χ2v) is 6.13. The number of halogens is 1. The van der Waals surface area contributed by atoms with Crippen molar-refractivity contribution in [2.45, 2.75) is 13.5 Å². The largest absolute Gasteiger partial charge is 0.481 e. The average molecular weight is 305 g/mol. The molecule has 1 saturated heterocycles.